The van der Waals surface area contributed by atoms with E-state index in [0.717, 1.165) is 32.3 Å². The number of aromatic nitrogens is 4. The topological polar surface area (TPSA) is 75.6 Å². The highest BCUT2D eigenvalue weighted by Gasteiger charge is 2.15. The van der Waals surface area contributed by atoms with Gasteiger partial charge in [0.1, 0.15) is 11.0 Å². The Morgan fingerprint density at radius 3 is 1.46 bits per heavy atom. The molecular formula is C20H16N6S2. The molecule has 2 N–H and O–H groups in total. The van der Waals surface area contributed by atoms with Gasteiger partial charge in [-0.2, -0.15) is 8.75 Å². The lowest BCUT2D eigenvalue weighted by molar-refractivity contribution is 1.13. The van der Waals surface area contributed by atoms with Gasteiger partial charge < -0.3 is 10.6 Å². The van der Waals surface area contributed by atoms with E-state index in [0.29, 0.717) is 13.1 Å². The second kappa shape index (κ2) is 7.49. The zero-order valence-corrected chi connectivity index (χ0v) is 16.4. The van der Waals surface area contributed by atoms with Crippen LogP contribution in [0.3, 0.4) is 0 Å². The van der Waals surface area contributed by atoms with Gasteiger partial charge in [0.15, 0.2) is 21.3 Å². The summed E-state index contributed by atoms with van der Waals surface area (Å²) >= 11 is 2.71. The molecule has 0 spiro atoms. The van der Waals surface area contributed by atoms with E-state index in [9.17, 15) is 0 Å². The van der Waals surface area contributed by atoms with Crippen molar-refractivity contribution in [1.82, 2.24) is 18.7 Å². The first-order chi connectivity index (χ1) is 13.9. The van der Waals surface area contributed by atoms with Gasteiger partial charge in [-0.25, -0.2) is 9.97 Å². The molecule has 0 aliphatic heterocycles. The number of nitrogens with zero attached hydrogens (tertiary/aromatic N) is 4. The molecule has 6 nitrogen and oxygen atoms in total. The minimum Gasteiger partial charge on any atom is -0.363 e. The molecule has 138 valence electrons. The summed E-state index contributed by atoms with van der Waals surface area (Å²) in [6.45, 7) is 1.40. The molecule has 0 radical (unpaired) electrons. The Morgan fingerprint density at radius 2 is 1.04 bits per heavy atom. The monoisotopic (exact) mass is 404 g/mol. The molecule has 0 atom stereocenters. The van der Waals surface area contributed by atoms with Crippen LogP contribution in [0.25, 0.3) is 20.7 Å². The number of fused-ring (bicyclic) bond motifs is 2. The lowest BCUT2D eigenvalue weighted by Gasteiger charge is -2.04. The Kier molecular flexibility index (Phi) is 4.56. The molecule has 2 aromatic carbocycles. The van der Waals surface area contributed by atoms with Gasteiger partial charge in [0.25, 0.3) is 0 Å². The van der Waals surface area contributed by atoms with Gasteiger partial charge in [-0.15, -0.1) is 0 Å². The minimum atomic E-state index is 0.700. The summed E-state index contributed by atoms with van der Waals surface area (Å²) in [4.78, 5) is 11.2. The predicted molar refractivity (Wildman–Crippen MR) is 116 cm³/mol. The SMILES string of the molecule is c1ccc(CNc2nsc3nc4c(NCc5ccccc5)nsc4nc23)cc1. The summed E-state index contributed by atoms with van der Waals surface area (Å²) in [5.74, 6) is 1.54. The van der Waals surface area contributed by atoms with E-state index >= 15 is 0 Å². The van der Waals surface area contributed by atoms with E-state index < -0.39 is 0 Å². The molecule has 0 aliphatic rings. The molecule has 0 fully saturated rings. The van der Waals surface area contributed by atoms with Crippen molar-refractivity contribution < 1.29 is 0 Å². The highest BCUT2D eigenvalue weighted by Crippen LogP contribution is 2.31. The third-order valence-corrected chi connectivity index (χ3v) is 5.80. The number of benzene rings is 2. The van der Waals surface area contributed by atoms with Gasteiger partial charge in [-0.1, -0.05) is 60.7 Å². The average Bonchev–Trinajstić information content (AvgIpc) is 3.34. The van der Waals surface area contributed by atoms with Gasteiger partial charge in [-0.3, -0.25) is 0 Å². The van der Waals surface area contributed by atoms with Crippen LogP contribution in [0.4, 0.5) is 11.6 Å². The molecule has 0 unspecified atom stereocenters. The summed E-state index contributed by atoms with van der Waals surface area (Å²) < 4.78 is 9.01. The first-order valence-corrected chi connectivity index (χ1v) is 10.4. The number of anilines is 2. The number of rotatable bonds is 6. The molecule has 3 heterocycles. The second-order valence-electron chi connectivity index (χ2n) is 6.27. The normalized spacial score (nSPS) is 11.1. The Hall–Kier alpha value is -3.10. The number of nitrogens with one attached hydrogen (secondary N) is 2. The summed E-state index contributed by atoms with van der Waals surface area (Å²) in [6.07, 6.45) is 0. The van der Waals surface area contributed by atoms with Crippen molar-refractivity contribution in [3.8, 4) is 0 Å². The Balaban J connectivity index is 1.39. The van der Waals surface area contributed by atoms with Crippen molar-refractivity contribution in [2.75, 3.05) is 10.6 Å². The maximum absolute atomic E-state index is 4.76. The third kappa shape index (κ3) is 3.39. The quantitative estimate of drug-likeness (QED) is 0.418. The van der Waals surface area contributed by atoms with Crippen molar-refractivity contribution in [1.29, 1.82) is 0 Å². The molecule has 0 amide bonds. The van der Waals surface area contributed by atoms with Crippen molar-refractivity contribution in [2.45, 2.75) is 13.1 Å². The van der Waals surface area contributed by atoms with Crippen LogP contribution in [0.2, 0.25) is 0 Å². The maximum Gasteiger partial charge on any atom is 0.168 e. The second-order valence-corrected chi connectivity index (χ2v) is 7.78. The zero-order chi connectivity index (χ0) is 18.8. The maximum atomic E-state index is 4.76. The highest BCUT2D eigenvalue weighted by molar-refractivity contribution is 7.14. The summed E-state index contributed by atoms with van der Waals surface area (Å²) in [5, 5.41) is 6.74. The summed E-state index contributed by atoms with van der Waals surface area (Å²) in [6, 6.07) is 20.5. The molecule has 8 heteroatoms. The fraction of sp³-hybridized carbons (Fsp3) is 0.100. The van der Waals surface area contributed by atoms with Crippen LogP contribution in [-0.2, 0) is 13.1 Å². The lowest BCUT2D eigenvalue weighted by atomic mass is 10.2. The molecular weight excluding hydrogens is 388 g/mol. The first kappa shape index (κ1) is 17.0. The van der Waals surface area contributed by atoms with Gasteiger partial charge in [-0.05, 0) is 34.2 Å². The van der Waals surface area contributed by atoms with Crippen molar-refractivity contribution in [3.05, 3.63) is 71.8 Å². The first-order valence-electron chi connectivity index (χ1n) is 8.85. The van der Waals surface area contributed by atoms with Crippen molar-refractivity contribution in [2.24, 2.45) is 0 Å². The molecule has 28 heavy (non-hydrogen) atoms. The van der Waals surface area contributed by atoms with E-state index in [2.05, 4.69) is 43.6 Å². The van der Waals surface area contributed by atoms with Crippen LogP contribution in [0.5, 0.6) is 0 Å². The van der Waals surface area contributed by atoms with Gasteiger partial charge in [0, 0.05) is 13.1 Å². The largest absolute Gasteiger partial charge is 0.363 e. The van der Waals surface area contributed by atoms with Crippen LogP contribution >= 0.6 is 23.1 Å². The van der Waals surface area contributed by atoms with Gasteiger partial charge >= 0.3 is 0 Å². The molecule has 0 bridgehead atoms. The highest BCUT2D eigenvalue weighted by atomic mass is 32.1. The Morgan fingerprint density at radius 1 is 0.607 bits per heavy atom. The van der Waals surface area contributed by atoms with Gasteiger partial charge in [0.05, 0.1) is 0 Å². The Labute approximate surface area is 169 Å². The standard InChI is InChI=1S/C20H16N6S2/c1-3-7-13(8-4-1)11-21-17-15-19(27-25-17)24-16-18(26-28-20(16)23-15)22-12-14-9-5-2-6-10-14/h1-10H,11-12H2,(H,21,25)(H,22,26). The third-order valence-electron chi connectivity index (χ3n) is 4.33. The smallest absolute Gasteiger partial charge is 0.168 e. The van der Waals surface area contributed by atoms with Crippen LogP contribution in [0, 0.1) is 0 Å². The van der Waals surface area contributed by atoms with Crippen molar-refractivity contribution >= 4 is 55.4 Å². The van der Waals surface area contributed by atoms with E-state index in [1.165, 1.54) is 34.2 Å². The molecule has 0 saturated carbocycles. The molecule has 0 saturated heterocycles. The molecule has 5 rings (SSSR count). The zero-order valence-electron chi connectivity index (χ0n) is 14.8. The predicted octanol–water partition coefficient (Wildman–Crippen LogP) is 4.92. The minimum absolute atomic E-state index is 0.700. The fourth-order valence-corrected chi connectivity index (χ4v) is 4.28. The van der Waals surface area contributed by atoms with Crippen LogP contribution in [0.15, 0.2) is 60.7 Å². The van der Waals surface area contributed by atoms with Gasteiger partial charge in [0.2, 0.25) is 0 Å². The number of hydrogen-bond donors (Lipinski definition) is 2. The average molecular weight is 405 g/mol. The van der Waals surface area contributed by atoms with Crippen molar-refractivity contribution in [3.63, 3.8) is 0 Å². The summed E-state index contributed by atoms with van der Waals surface area (Å²) in [5.41, 5.74) is 3.99. The van der Waals surface area contributed by atoms with Crippen LogP contribution in [0.1, 0.15) is 11.1 Å². The molecule has 3 aromatic heterocycles. The van der Waals surface area contributed by atoms with E-state index in [-0.39, 0.29) is 0 Å². The summed E-state index contributed by atoms with van der Waals surface area (Å²) in [7, 11) is 0. The van der Waals surface area contributed by atoms with E-state index in [1.54, 1.807) is 0 Å². The van der Waals surface area contributed by atoms with Crippen LogP contribution in [-0.4, -0.2) is 18.7 Å². The fourth-order valence-electron chi connectivity index (χ4n) is 2.90. The lowest BCUT2D eigenvalue weighted by Crippen LogP contribution is -2.01. The van der Waals surface area contributed by atoms with E-state index in [4.69, 9.17) is 9.97 Å². The molecule has 0 aliphatic carbocycles. The van der Waals surface area contributed by atoms with E-state index in [1.807, 2.05) is 36.4 Å². The molecule has 5 aromatic rings. The number of hydrogen-bond acceptors (Lipinski definition) is 8. The Bertz CT molecular complexity index is 1120. The van der Waals surface area contributed by atoms with Crippen LogP contribution < -0.4 is 10.6 Å².